The molecular weight excluding hydrogens is 226 g/mol. The van der Waals surface area contributed by atoms with Gasteiger partial charge in [0, 0.05) is 24.6 Å². The van der Waals surface area contributed by atoms with Crippen molar-refractivity contribution in [3.63, 3.8) is 0 Å². The maximum atomic E-state index is 10.6. The molecule has 1 atom stereocenters. The fourth-order valence-corrected chi connectivity index (χ4v) is 2.88. The van der Waals surface area contributed by atoms with Crippen LogP contribution in [0.1, 0.15) is 51.2 Å². The van der Waals surface area contributed by atoms with Crippen LogP contribution in [0.25, 0.3) is 0 Å². The summed E-state index contributed by atoms with van der Waals surface area (Å²) in [7, 11) is 0. The lowest BCUT2D eigenvalue weighted by molar-refractivity contribution is -0.146. The Morgan fingerprint density at radius 3 is 2.78 bits per heavy atom. The molecule has 100 valence electrons. The van der Waals surface area contributed by atoms with Crippen LogP contribution in [0.3, 0.4) is 0 Å². The molecule has 1 unspecified atom stereocenters. The lowest BCUT2D eigenvalue weighted by Crippen LogP contribution is -2.42. The Morgan fingerprint density at radius 1 is 1.50 bits per heavy atom. The summed E-state index contributed by atoms with van der Waals surface area (Å²) in [5.74, 6) is 0.736. The molecule has 1 saturated carbocycles. The minimum atomic E-state index is -0.571. The van der Waals surface area contributed by atoms with Crippen LogP contribution in [0, 0.1) is 5.92 Å². The summed E-state index contributed by atoms with van der Waals surface area (Å²) >= 11 is 0. The Morgan fingerprint density at radius 2 is 2.22 bits per heavy atom. The van der Waals surface area contributed by atoms with Crippen LogP contribution >= 0.6 is 0 Å². The molecule has 0 aromatic carbocycles. The molecule has 0 spiro atoms. The number of pyridine rings is 1. The number of rotatable bonds is 4. The van der Waals surface area contributed by atoms with E-state index in [4.69, 9.17) is 4.74 Å². The maximum absolute atomic E-state index is 10.6. The van der Waals surface area contributed by atoms with E-state index in [9.17, 15) is 5.11 Å². The second-order valence-corrected chi connectivity index (χ2v) is 5.37. The molecule has 1 heterocycles. The van der Waals surface area contributed by atoms with Gasteiger partial charge in [0.2, 0.25) is 0 Å². The van der Waals surface area contributed by atoms with Crippen LogP contribution in [-0.4, -0.2) is 22.3 Å². The minimum absolute atomic E-state index is 0.412. The summed E-state index contributed by atoms with van der Waals surface area (Å²) in [5.41, 5.74) is 0.449. The molecule has 0 aliphatic heterocycles. The maximum Gasteiger partial charge on any atom is 0.109 e. The van der Waals surface area contributed by atoms with Gasteiger partial charge in [0.1, 0.15) is 6.10 Å². The third-order valence-electron chi connectivity index (χ3n) is 4.05. The van der Waals surface area contributed by atoms with Gasteiger partial charge in [0.05, 0.1) is 5.60 Å². The normalized spacial score (nSPS) is 30.1. The van der Waals surface area contributed by atoms with E-state index in [0.29, 0.717) is 6.61 Å². The van der Waals surface area contributed by atoms with Crippen molar-refractivity contribution in [2.75, 3.05) is 6.61 Å². The molecule has 0 saturated heterocycles. The first-order chi connectivity index (χ1) is 8.68. The van der Waals surface area contributed by atoms with Crippen molar-refractivity contribution in [3.8, 4) is 0 Å². The summed E-state index contributed by atoms with van der Waals surface area (Å²) in [4.78, 5) is 4.09. The number of aliphatic hydroxyl groups excluding tert-OH is 1. The predicted octanol–water partition coefficient (Wildman–Crippen LogP) is 3.10. The fraction of sp³-hybridized carbons (Fsp3) is 0.667. The largest absolute Gasteiger partial charge is 0.385 e. The van der Waals surface area contributed by atoms with Gasteiger partial charge in [0.25, 0.3) is 0 Å². The molecule has 1 aliphatic carbocycles. The molecule has 18 heavy (non-hydrogen) atoms. The topological polar surface area (TPSA) is 42.4 Å². The highest BCUT2D eigenvalue weighted by atomic mass is 16.5. The number of hydrogen-bond acceptors (Lipinski definition) is 3. The van der Waals surface area contributed by atoms with E-state index in [-0.39, 0.29) is 0 Å². The average molecular weight is 249 g/mol. The summed E-state index contributed by atoms with van der Waals surface area (Å²) < 4.78 is 5.96. The van der Waals surface area contributed by atoms with Gasteiger partial charge in [-0.25, -0.2) is 0 Å². The molecule has 3 heteroatoms. The highest BCUT2D eigenvalue weighted by molar-refractivity contribution is 5.16. The summed E-state index contributed by atoms with van der Waals surface area (Å²) in [5, 5.41) is 10.6. The highest BCUT2D eigenvalue weighted by Gasteiger charge is 2.42. The number of nitrogens with zero attached hydrogens (tertiary/aromatic N) is 1. The van der Waals surface area contributed by atoms with E-state index < -0.39 is 11.7 Å². The molecule has 0 bridgehead atoms. The van der Waals surface area contributed by atoms with Gasteiger partial charge < -0.3 is 9.84 Å². The predicted molar refractivity (Wildman–Crippen MR) is 71.2 cm³/mol. The zero-order chi connectivity index (χ0) is 13.0. The van der Waals surface area contributed by atoms with Gasteiger partial charge in [-0.1, -0.05) is 13.0 Å². The molecule has 0 radical (unpaired) electrons. The zero-order valence-electron chi connectivity index (χ0n) is 11.3. The molecule has 1 aliphatic rings. The summed E-state index contributed by atoms with van der Waals surface area (Å²) in [6, 6.07) is 3.79. The quantitative estimate of drug-likeness (QED) is 0.891. The lowest BCUT2D eigenvalue weighted by Gasteiger charge is -2.42. The SMILES string of the molecule is CCOC1(C(O)c2cccnc2)CCC(C)CC1. The van der Waals surface area contributed by atoms with Crippen LogP contribution in [-0.2, 0) is 4.74 Å². The van der Waals surface area contributed by atoms with Gasteiger partial charge in [0.15, 0.2) is 0 Å². The lowest BCUT2D eigenvalue weighted by atomic mass is 9.75. The van der Waals surface area contributed by atoms with Crippen molar-refractivity contribution in [2.24, 2.45) is 5.92 Å². The van der Waals surface area contributed by atoms with Crippen molar-refractivity contribution in [2.45, 2.75) is 51.2 Å². The van der Waals surface area contributed by atoms with Crippen molar-refractivity contribution in [3.05, 3.63) is 30.1 Å². The molecule has 1 N–H and O–H groups in total. The van der Waals surface area contributed by atoms with Crippen molar-refractivity contribution < 1.29 is 9.84 Å². The van der Waals surface area contributed by atoms with Gasteiger partial charge in [-0.2, -0.15) is 0 Å². The number of ether oxygens (including phenoxy) is 1. The van der Waals surface area contributed by atoms with Crippen molar-refractivity contribution >= 4 is 0 Å². The smallest absolute Gasteiger partial charge is 0.109 e. The van der Waals surface area contributed by atoms with Gasteiger partial charge >= 0.3 is 0 Å². The van der Waals surface area contributed by atoms with Crippen LogP contribution in [0.5, 0.6) is 0 Å². The van der Waals surface area contributed by atoms with E-state index in [1.54, 1.807) is 12.4 Å². The first-order valence-electron chi connectivity index (χ1n) is 6.90. The first-order valence-corrected chi connectivity index (χ1v) is 6.90. The summed E-state index contributed by atoms with van der Waals surface area (Å²) in [6.07, 6.45) is 7.00. The van der Waals surface area contributed by atoms with Gasteiger partial charge in [-0.05, 0) is 44.6 Å². The third-order valence-corrected chi connectivity index (χ3v) is 4.05. The second-order valence-electron chi connectivity index (χ2n) is 5.37. The number of aromatic nitrogens is 1. The Hall–Kier alpha value is -0.930. The standard InChI is InChI=1S/C15H23NO2/c1-3-18-15(8-6-12(2)7-9-15)14(17)13-5-4-10-16-11-13/h4-5,10-12,14,17H,3,6-9H2,1-2H3. The zero-order valence-corrected chi connectivity index (χ0v) is 11.3. The van der Waals surface area contributed by atoms with Crippen LogP contribution < -0.4 is 0 Å². The Kier molecular flexibility index (Phi) is 4.36. The van der Waals surface area contributed by atoms with Gasteiger partial charge in [-0.3, -0.25) is 4.98 Å². The fourth-order valence-electron chi connectivity index (χ4n) is 2.88. The monoisotopic (exact) mass is 249 g/mol. The Bertz CT molecular complexity index is 358. The number of aliphatic hydroxyl groups is 1. The highest BCUT2D eigenvalue weighted by Crippen LogP contribution is 2.42. The average Bonchev–Trinajstić information content (AvgIpc) is 2.42. The van der Waals surface area contributed by atoms with Crippen molar-refractivity contribution in [1.82, 2.24) is 4.98 Å². The van der Waals surface area contributed by atoms with Crippen LogP contribution in [0.2, 0.25) is 0 Å². The Labute approximate surface area is 109 Å². The second kappa shape index (κ2) is 5.81. The molecule has 0 amide bonds. The van der Waals surface area contributed by atoms with Crippen molar-refractivity contribution in [1.29, 1.82) is 0 Å². The van der Waals surface area contributed by atoms with Crippen LogP contribution in [0.4, 0.5) is 0 Å². The van der Waals surface area contributed by atoms with E-state index in [2.05, 4.69) is 11.9 Å². The van der Waals surface area contributed by atoms with E-state index in [1.807, 2.05) is 19.1 Å². The van der Waals surface area contributed by atoms with E-state index in [0.717, 1.165) is 37.2 Å². The molecule has 1 aromatic heterocycles. The number of hydrogen-bond donors (Lipinski definition) is 1. The van der Waals surface area contributed by atoms with E-state index in [1.165, 1.54) is 0 Å². The minimum Gasteiger partial charge on any atom is -0.385 e. The molecule has 2 rings (SSSR count). The summed E-state index contributed by atoms with van der Waals surface area (Å²) in [6.45, 7) is 4.91. The third kappa shape index (κ3) is 2.73. The first kappa shape index (κ1) is 13.5. The van der Waals surface area contributed by atoms with Crippen LogP contribution in [0.15, 0.2) is 24.5 Å². The van der Waals surface area contributed by atoms with E-state index >= 15 is 0 Å². The molecular formula is C15H23NO2. The molecule has 3 nitrogen and oxygen atoms in total. The Balaban J connectivity index is 2.19. The molecule has 1 fully saturated rings. The molecule has 1 aromatic rings. The van der Waals surface area contributed by atoms with Gasteiger partial charge in [-0.15, -0.1) is 0 Å².